The summed E-state index contributed by atoms with van der Waals surface area (Å²) in [5.41, 5.74) is 4.73. The number of aryl methyl sites for hydroxylation is 4. The third-order valence-corrected chi connectivity index (χ3v) is 7.70. The number of nitrogens with one attached hydrogen (secondary N) is 1. The molecule has 0 bridgehead atoms. The van der Waals surface area contributed by atoms with Crippen LogP contribution >= 0.6 is 0 Å². The van der Waals surface area contributed by atoms with Crippen molar-refractivity contribution in [3.05, 3.63) is 45.8 Å². The molecule has 0 spiro atoms. The van der Waals surface area contributed by atoms with Crippen LogP contribution in [0.2, 0.25) is 0 Å². The SMILES string of the molecule is CCNC(=O)C1CCCN(S(=O)(=O)c2c(C)noc2C=Cc2c(C)cc(C)cc2C)C1. The molecule has 1 atom stereocenters. The van der Waals surface area contributed by atoms with E-state index >= 15 is 0 Å². The van der Waals surface area contributed by atoms with Gasteiger partial charge in [-0.05, 0) is 70.2 Å². The summed E-state index contributed by atoms with van der Waals surface area (Å²) in [7, 11) is -3.85. The standard InChI is InChI=1S/C23H31N3O4S/c1-6-24-23(27)19-8-7-11-26(14-19)31(28,29)22-18(5)25-30-21(22)10-9-20-16(3)12-15(2)13-17(20)4/h9-10,12-13,19H,6-8,11,14H2,1-5H3,(H,24,27). The van der Waals surface area contributed by atoms with Crippen LogP contribution in [0.15, 0.2) is 21.6 Å². The van der Waals surface area contributed by atoms with Crippen LogP contribution in [0.1, 0.15) is 53.5 Å². The highest BCUT2D eigenvalue weighted by Gasteiger charge is 2.36. The second kappa shape index (κ2) is 9.36. The van der Waals surface area contributed by atoms with Crippen molar-refractivity contribution in [1.29, 1.82) is 0 Å². The van der Waals surface area contributed by atoms with E-state index in [9.17, 15) is 13.2 Å². The van der Waals surface area contributed by atoms with E-state index in [1.54, 1.807) is 13.0 Å². The van der Waals surface area contributed by atoms with E-state index < -0.39 is 10.0 Å². The number of carbonyl (C=O) groups excluding carboxylic acids is 1. The van der Waals surface area contributed by atoms with Gasteiger partial charge in [0.05, 0.1) is 5.92 Å². The molecule has 1 aliphatic heterocycles. The molecular formula is C23H31N3O4S. The average Bonchev–Trinajstić information content (AvgIpc) is 3.08. The van der Waals surface area contributed by atoms with Crippen molar-refractivity contribution in [3.63, 3.8) is 0 Å². The molecule has 0 radical (unpaired) electrons. The van der Waals surface area contributed by atoms with Crippen molar-refractivity contribution in [1.82, 2.24) is 14.8 Å². The molecule has 1 aromatic carbocycles. The fraction of sp³-hybridized carbons (Fsp3) is 0.478. The maximum atomic E-state index is 13.5. The predicted molar refractivity (Wildman–Crippen MR) is 121 cm³/mol. The molecule has 1 aliphatic rings. The monoisotopic (exact) mass is 445 g/mol. The first kappa shape index (κ1) is 23.2. The molecule has 1 fully saturated rings. The van der Waals surface area contributed by atoms with Crippen molar-refractivity contribution in [2.45, 2.75) is 52.4 Å². The normalized spacial score (nSPS) is 17.9. The molecule has 8 heteroatoms. The summed E-state index contributed by atoms with van der Waals surface area (Å²) in [6.45, 7) is 10.6. The Labute approximate surface area is 184 Å². The van der Waals surface area contributed by atoms with Crippen LogP contribution in [-0.2, 0) is 14.8 Å². The third-order valence-electron chi connectivity index (χ3n) is 5.68. The smallest absolute Gasteiger partial charge is 0.248 e. The van der Waals surface area contributed by atoms with E-state index in [0.717, 1.165) is 16.7 Å². The van der Waals surface area contributed by atoms with Crippen LogP contribution in [0, 0.1) is 33.6 Å². The molecule has 0 saturated carbocycles. The van der Waals surface area contributed by atoms with Crippen molar-refractivity contribution >= 4 is 28.1 Å². The Hall–Kier alpha value is -2.45. The van der Waals surface area contributed by atoms with Crippen molar-refractivity contribution in [2.75, 3.05) is 19.6 Å². The van der Waals surface area contributed by atoms with Gasteiger partial charge in [-0.2, -0.15) is 4.31 Å². The lowest BCUT2D eigenvalue weighted by atomic mass is 9.99. The van der Waals surface area contributed by atoms with E-state index in [-0.39, 0.29) is 29.0 Å². The number of aromatic nitrogens is 1. The number of piperidine rings is 1. The molecular weight excluding hydrogens is 414 g/mol. The van der Waals surface area contributed by atoms with E-state index in [2.05, 4.69) is 22.6 Å². The van der Waals surface area contributed by atoms with Gasteiger partial charge >= 0.3 is 0 Å². The zero-order chi connectivity index (χ0) is 22.8. The number of nitrogens with zero attached hydrogens (tertiary/aromatic N) is 2. The Morgan fingerprint density at radius 3 is 2.55 bits per heavy atom. The van der Waals surface area contributed by atoms with Gasteiger partial charge in [-0.15, -0.1) is 0 Å². The lowest BCUT2D eigenvalue weighted by molar-refractivity contribution is -0.125. The average molecular weight is 446 g/mol. The summed E-state index contributed by atoms with van der Waals surface area (Å²) in [5, 5.41) is 6.72. The Bertz CT molecular complexity index is 1080. The lowest BCUT2D eigenvalue weighted by Gasteiger charge is -2.31. The summed E-state index contributed by atoms with van der Waals surface area (Å²) in [6, 6.07) is 4.18. The van der Waals surface area contributed by atoms with Crippen LogP contribution in [-0.4, -0.2) is 43.4 Å². The van der Waals surface area contributed by atoms with Crippen LogP contribution in [0.3, 0.4) is 0 Å². The number of hydrogen-bond acceptors (Lipinski definition) is 5. The summed E-state index contributed by atoms with van der Waals surface area (Å²) >= 11 is 0. The van der Waals surface area contributed by atoms with Crippen LogP contribution in [0.25, 0.3) is 12.2 Å². The zero-order valence-corrected chi connectivity index (χ0v) is 19.7. The summed E-state index contributed by atoms with van der Waals surface area (Å²) in [6.07, 6.45) is 4.86. The maximum Gasteiger partial charge on any atom is 0.248 e. The number of carbonyl (C=O) groups is 1. The largest absolute Gasteiger partial charge is 0.356 e. The Balaban J connectivity index is 1.92. The summed E-state index contributed by atoms with van der Waals surface area (Å²) in [4.78, 5) is 12.3. The highest BCUT2D eigenvalue weighted by molar-refractivity contribution is 7.89. The van der Waals surface area contributed by atoms with Gasteiger partial charge in [0, 0.05) is 19.6 Å². The highest BCUT2D eigenvalue weighted by atomic mass is 32.2. The molecule has 2 aromatic rings. The first-order valence-electron chi connectivity index (χ1n) is 10.6. The Morgan fingerprint density at radius 2 is 1.90 bits per heavy atom. The minimum atomic E-state index is -3.85. The summed E-state index contributed by atoms with van der Waals surface area (Å²) in [5.74, 6) is -0.243. The molecule has 168 valence electrons. The van der Waals surface area contributed by atoms with Crippen LogP contribution in [0.5, 0.6) is 0 Å². The second-order valence-electron chi connectivity index (χ2n) is 8.20. The van der Waals surface area contributed by atoms with Gasteiger partial charge in [0.15, 0.2) is 10.7 Å². The molecule has 0 aliphatic carbocycles. The molecule has 3 rings (SSSR count). The first-order valence-corrected chi connectivity index (χ1v) is 12.1. The van der Waals surface area contributed by atoms with E-state index in [4.69, 9.17) is 4.52 Å². The van der Waals surface area contributed by atoms with Crippen molar-refractivity contribution in [2.24, 2.45) is 5.92 Å². The van der Waals surface area contributed by atoms with Gasteiger partial charge in [-0.1, -0.05) is 28.9 Å². The van der Waals surface area contributed by atoms with Crippen LogP contribution < -0.4 is 5.32 Å². The minimum Gasteiger partial charge on any atom is -0.356 e. The third kappa shape index (κ3) is 4.91. The fourth-order valence-electron chi connectivity index (χ4n) is 4.23. The molecule has 1 amide bonds. The molecule has 1 aromatic heterocycles. The highest BCUT2D eigenvalue weighted by Crippen LogP contribution is 2.30. The fourth-order valence-corrected chi connectivity index (χ4v) is 6.01. The number of sulfonamides is 1. The van der Waals surface area contributed by atoms with Gasteiger partial charge in [0.25, 0.3) is 0 Å². The molecule has 1 unspecified atom stereocenters. The summed E-state index contributed by atoms with van der Waals surface area (Å²) < 4.78 is 33.7. The van der Waals surface area contributed by atoms with E-state index in [1.807, 2.05) is 33.8 Å². The van der Waals surface area contributed by atoms with Gasteiger partial charge in [-0.25, -0.2) is 8.42 Å². The molecule has 31 heavy (non-hydrogen) atoms. The van der Waals surface area contributed by atoms with E-state index in [0.29, 0.717) is 31.6 Å². The van der Waals surface area contributed by atoms with Gasteiger partial charge in [-0.3, -0.25) is 4.79 Å². The zero-order valence-electron chi connectivity index (χ0n) is 18.9. The molecule has 1 N–H and O–H groups in total. The van der Waals surface area contributed by atoms with Crippen LogP contribution in [0.4, 0.5) is 0 Å². The number of rotatable bonds is 6. The second-order valence-corrected chi connectivity index (χ2v) is 10.1. The predicted octanol–water partition coefficient (Wildman–Crippen LogP) is 3.62. The number of hydrogen-bond donors (Lipinski definition) is 1. The van der Waals surface area contributed by atoms with E-state index in [1.165, 1.54) is 9.87 Å². The first-order chi connectivity index (χ1) is 14.6. The lowest BCUT2D eigenvalue weighted by Crippen LogP contribution is -2.45. The quantitative estimate of drug-likeness (QED) is 0.733. The Morgan fingerprint density at radius 1 is 1.23 bits per heavy atom. The van der Waals surface area contributed by atoms with Gasteiger partial charge in [0.2, 0.25) is 15.9 Å². The minimum absolute atomic E-state index is 0.0720. The maximum absolute atomic E-state index is 13.5. The molecule has 2 heterocycles. The Kier molecular flexibility index (Phi) is 7.01. The number of benzene rings is 1. The molecule has 1 saturated heterocycles. The van der Waals surface area contributed by atoms with Crippen molar-refractivity contribution in [3.8, 4) is 0 Å². The topological polar surface area (TPSA) is 92.5 Å². The number of amides is 1. The molecule has 7 nitrogen and oxygen atoms in total. The van der Waals surface area contributed by atoms with Gasteiger partial charge < -0.3 is 9.84 Å². The van der Waals surface area contributed by atoms with Gasteiger partial charge in [0.1, 0.15) is 5.69 Å². The van der Waals surface area contributed by atoms with Crippen molar-refractivity contribution < 1.29 is 17.7 Å².